The van der Waals surface area contributed by atoms with Gasteiger partial charge in [0.1, 0.15) is 10.8 Å². The molecule has 0 atom stereocenters. The molecule has 1 N–H and O–H groups in total. The summed E-state index contributed by atoms with van der Waals surface area (Å²) < 4.78 is 6.20. The van der Waals surface area contributed by atoms with E-state index in [1.807, 2.05) is 67.6 Å². The van der Waals surface area contributed by atoms with E-state index in [4.69, 9.17) is 14.7 Å². The summed E-state index contributed by atoms with van der Waals surface area (Å²) in [5, 5.41) is 3.76. The third kappa shape index (κ3) is 4.68. The maximum Gasteiger partial charge on any atom is 0.234 e. The molecule has 4 aromatic rings. The van der Waals surface area contributed by atoms with Crippen LogP contribution in [0.3, 0.4) is 0 Å². The predicted octanol–water partition coefficient (Wildman–Crippen LogP) is 6.50. The Labute approximate surface area is 203 Å². The van der Waals surface area contributed by atoms with Crippen molar-refractivity contribution in [1.29, 1.82) is 0 Å². The first-order valence-corrected chi connectivity index (χ1v) is 12.2. The summed E-state index contributed by atoms with van der Waals surface area (Å²) in [6.07, 6.45) is 0.669. The lowest BCUT2D eigenvalue weighted by Crippen LogP contribution is -2.15. The van der Waals surface area contributed by atoms with Gasteiger partial charge in [-0.1, -0.05) is 65.9 Å². The highest BCUT2D eigenvalue weighted by molar-refractivity contribution is 8.00. The van der Waals surface area contributed by atoms with Crippen molar-refractivity contribution in [1.82, 2.24) is 9.97 Å². The molecule has 0 fully saturated rings. The standard InChI is InChI=1S/C28H25N3O2S/c1-17-9-12-24-21(13-17)15-23-27(33-24)30-26(20-7-5-4-6-8-20)31-28(23)34-16-25(32)29-22-11-10-18(2)19(3)14-22/h4-14H,15-16H2,1-3H3,(H,29,32). The fraction of sp³-hybridized carbons (Fsp3) is 0.179. The molecule has 0 saturated heterocycles. The van der Waals surface area contributed by atoms with Crippen LogP contribution in [0.25, 0.3) is 11.4 Å². The van der Waals surface area contributed by atoms with E-state index in [1.54, 1.807) is 0 Å². The molecule has 0 saturated carbocycles. The fourth-order valence-electron chi connectivity index (χ4n) is 3.91. The Hall–Kier alpha value is -3.64. The number of rotatable bonds is 5. The second-order valence-electron chi connectivity index (χ2n) is 8.53. The highest BCUT2D eigenvalue weighted by atomic mass is 32.2. The van der Waals surface area contributed by atoms with Crippen molar-refractivity contribution < 1.29 is 9.53 Å². The first-order valence-electron chi connectivity index (χ1n) is 11.2. The minimum Gasteiger partial charge on any atom is -0.438 e. The van der Waals surface area contributed by atoms with Crippen molar-refractivity contribution in [2.45, 2.75) is 32.2 Å². The van der Waals surface area contributed by atoms with Crippen LogP contribution in [0.1, 0.15) is 27.8 Å². The van der Waals surface area contributed by atoms with Gasteiger partial charge in [-0.3, -0.25) is 4.79 Å². The number of anilines is 1. The van der Waals surface area contributed by atoms with E-state index in [0.717, 1.165) is 38.7 Å². The Kier molecular flexibility index (Phi) is 6.07. The molecule has 1 aliphatic heterocycles. The largest absolute Gasteiger partial charge is 0.438 e. The van der Waals surface area contributed by atoms with Crippen LogP contribution in [0.5, 0.6) is 11.6 Å². The van der Waals surface area contributed by atoms with E-state index in [0.29, 0.717) is 18.1 Å². The quantitative estimate of drug-likeness (QED) is 0.236. The number of fused-ring (bicyclic) bond motifs is 2. The molecule has 170 valence electrons. The second kappa shape index (κ2) is 9.31. The highest BCUT2D eigenvalue weighted by Crippen LogP contribution is 2.40. The maximum absolute atomic E-state index is 12.7. The van der Waals surface area contributed by atoms with Crippen LogP contribution in [0.4, 0.5) is 5.69 Å². The van der Waals surface area contributed by atoms with E-state index >= 15 is 0 Å². The summed E-state index contributed by atoms with van der Waals surface area (Å²) in [6, 6.07) is 21.9. The summed E-state index contributed by atoms with van der Waals surface area (Å²) in [4.78, 5) is 22.3. The third-order valence-corrected chi connectivity index (χ3v) is 6.90. The zero-order valence-corrected chi connectivity index (χ0v) is 20.2. The number of aryl methyl sites for hydroxylation is 3. The van der Waals surface area contributed by atoms with E-state index < -0.39 is 0 Å². The molecule has 0 radical (unpaired) electrons. The monoisotopic (exact) mass is 467 g/mol. The van der Waals surface area contributed by atoms with Crippen LogP contribution < -0.4 is 10.1 Å². The number of aromatic nitrogens is 2. The van der Waals surface area contributed by atoms with Crippen LogP contribution >= 0.6 is 11.8 Å². The van der Waals surface area contributed by atoms with Gasteiger partial charge in [-0.05, 0) is 55.7 Å². The Balaban J connectivity index is 1.43. The number of nitrogens with zero attached hydrogens (tertiary/aromatic N) is 2. The fourth-order valence-corrected chi connectivity index (χ4v) is 4.73. The molecule has 1 amide bonds. The molecule has 34 heavy (non-hydrogen) atoms. The number of amides is 1. The first kappa shape index (κ1) is 22.2. The van der Waals surface area contributed by atoms with Gasteiger partial charge in [-0.2, -0.15) is 4.98 Å². The zero-order chi connectivity index (χ0) is 23.7. The molecule has 3 aromatic carbocycles. The van der Waals surface area contributed by atoms with Gasteiger partial charge in [0, 0.05) is 17.7 Å². The zero-order valence-electron chi connectivity index (χ0n) is 19.4. The van der Waals surface area contributed by atoms with Gasteiger partial charge in [0.2, 0.25) is 11.8 Å². The van der Waals surface area contributed by atoms with Gasteiger partial charge in [0.05, 0.1) is 11.3 Å². The molecular formula is C28H25N3O2S. The molecule has 1 aliphatic rings. The topological polar surface area (TPSA) is 64.1 Å². The number of nitrogens with one attached hydrogen (secondary N) is 1. The molecule has 0 spiro atoms. The lowest BCUT2D eigenvalue weighted by atomic mass is 10.0. The van der Waals surface area contributed by atoms with E-state index in [2.05, 4.69) is 25.2 Å². The number of carbonyl (C=O) groups excluding carboxylic acids is 1. The average Bonchev–Trinajstić information content (AvgIpc) is 2.84. The summed E-state index contributed by atoms with van der Waals surface area (Å²) in [6.45, 7) is 6.16. The number of thioether (sulfide) groups is 1. The summed E-state index contributed by atoms with van der Waals surface area (Å²) in [5.74, 6) is 2.13. The maximum atomic E-state index is 12.7. The van der Waals surface area contributed by atoms with Gasteiger partial charge in [0.25, 0.3) is 0 Å². The Bertz CT molecular complexity index is 1390. The number of carbonyl (C=O) groups is 1. The average molecular weight is 468 g/mol. The van der Waals surface area contributed by atoms with E-state index in [1.165, 1.54) is 22.9 Å². The molecule has 0 unspecified atom stereocenters. The Morgan fingerprint density at radius 2 is 1.79 bits per heavy atom. The van der Waals surface area contributed by atoms with Gasteiger partial charge in [0.15, 0.2) is 5.82 Å². The Morgan fingerprint density at radius 3 is 2.59 bits per heavy atom. The number of hydrogen-bond acceptors (Lipinski definition) is 5. The van der Waals surface area contributed by atoms with Crippen LogP contribution in [0.15, 0.2) is 71.8 Å². The predicted molar refractivity (Wildman–Crippen MR) is 137 cm³/mol. The van der Waals surface area contributed by atoms with E-state index in [9.17, 15) is 4.79 Å². The van der Waals surface area contributed by atoms with Gasteiger partial charge in [-0.25, -0.2) is 4.98 Å². The minimum atomic E-state index is -0.0742. The number of benzene rings is 3. The molecular weight excluding hydrogens is 442 g/mol. The SMILES string of the molecule is Cc1ccc2c(c1)Cc1c(nc(-c3ccccc3)nc1SCC(=O)Nc1ccc(C)c(C)c1)O2. The molecule has 6 heteroatoms. The van der Waals surface area contributed by atoms with Crippen molar-refractivity contribution in [3.8, 4) is 23.0 Å². The second-order valence-corrected chi connectivity index (χ2v) is 9.49. The normalized spacial score (nSPS) is 11.9. The minimum absolute atomic E-state index is 0.0742. The van der Waals surface area contributed by atoms with Crippen LogP contribution in [0, 0.1) is 20.8 Å². The summed E-state index contributed by atoms with van der Waals surface area (Å²) >= 11 is 1.41. The van der Waals surface area contributed by atoms with E-state index in [-0.39, 0.29) is 11.7 Å². The van der Waals surface area contributed by atoms with Gasteiger partial charge in [-0.15, -0.1) is 0 Å². The lowest BCUT2D eigenvalue weighted by Gasteiger charge is -2.22. The van der Waals surface area contributed by atoms with Crippen molar-refractivity contribution in [2.75, 3.05) is 11.1 Å². The molecule has 2 heterocycles. The smallest absolute Gasteiger partial charge is 0.234 e. The third-order valence-electron chi connectivity index (χ3n) is 5.88. The van der Waals surface area contributed by atoms with Crippen molar-refractivity contribution >= 4 is 23.4 Å². The van der Waals surface area contributed by atoms with Crippen molar-refractivity contribution in [3.05, 3.63) is 94.5 Å². The molecule has 5 nitrogen and oxygen atoms in total. The molecule has 5 rings (SSSR count). The van der Waals surface area contributed by atoms with Crippen LogP contribution in [-0.4, -0.2) is 21.6 Å². The lowest BCUT2D eigenvalue weighted by molar-refractivity contribution is -0.113. The summed E-state index contributed by atoms with van der Waals surface area (Å²) in [5.41, 5.74) is 7.25. The van der Waals surface area contributed by atoms with Crippen LogP contribution in [-0.2, 0) is 11.2 Å². The first-order chi connectivity index (χ1) is 16.5. The number of ether oxygens (including phenoxy) is 1. The van der Waals surface area contributed by atoms with Crippen LogP contribution in [0.2, 0.25) is 0 Å². The van der Waals surface area contributed by atoms with Crippen molar-refractivity contribution in [2.24, 2.45) is 0 Å². The highest BCUT2D eigenvalue weighted by Gasteiger charge is 2.24. The molecule has 0 aliphatic carbocycles. The molecule has 1 aromatic heterocycles. The Morgan fingerprint density at radius 1 is 0.971 bits per heavy atom. The van der Waals surface area contributed by atoms with Crippen molar-refractivity contribution in [3.63, 3.8) is 0 Å². The molecule has 0 bridgehead atoms. The summed E-state index contributed by atoms with van der Waals surface area (Å²) in [7, 11) is 0. The van der Waals surface area contributed by atoms with Gasteiger partial charge >= 0.3 is 0 Å². The van der Waals surface area contributed by atoms with Gasteiger partial charge < -0.3 is 10.1 Å². The number of hydrogen-bond donors (Lipinski definition) is 1.